The summed E-state index contributed by atoms with van der Waals surface area (Å²) in [6.45, 7) is -2.29. The maximum absolute atomic E-state index is 11.8. The Morgan fingerprint density at radius 3 is 3.06 bits per heavy atom. The molecule has 0 aliphatic carbocycles. The summed E-state index contributed by atoms with van der Waals surface area (Å²) in [6, 6.07) is 6.85. The molecule has 0 aromatic heterocycles. The molecular formula is C10H11BNO5-. The first-order valence-electron chi connectivity index (χ1n) is 5.39. The number of carbonyl (C=O) groups is 1. The number of rotatable bonds is 1. The van der Waals surface area contributed by atoms with Crippen molar-refractivity contribution in [3.8, 4) is 5.75 Å². The molecule has 1 spiro atoms. The first kappa shape index (κ1) is 10.6. The van der Waals surface area contributed by atoms with Crippen LogP contribution in [0.3, 0.4) is 0 Å². The number of para-hydroxylation sites is 1. The fraction of sp³-hybridized carbons (Fsp3) is 0.300. The summed E-state index contributed by atoms with van der Waals surface area (Å²) >= 11 is 0. The van der Waals surface area contributed by atoms with Gasteiger partial charge in [-0.25, -0.2) is 0 Å². The minimum absolute atomic E-state index is 0.176. The van der Waals surface area contributed by atoms with Crippen LogP contribution >= 0.6 is 0 Å². The van der Waals surface area contributed by atoms with Crippen molar-refractivity contribution in [3.63, 3.8) is 0 Å². The lowest BCUT2D eigenvalue weighted by atomic mass is 9.92. The standard InChI is InChI=1S/C10H11BNO5/c13-5-7-6-15-11(16-7)12-10(14)8-3-1-2-4-9(8)17-11/h1-4,7,13H,5-6H2,(H,12,14)/q-1. The van der Waals surface area contributed by atoms with Gasteiger partial charge in [-0.2, -0.15) is 0 Å². The van der Waals surface area contributed by atoms with Crippen LogP contribution in [0, 0.1) is 0 Å². The van der Waals surface area contributed by atoms with Crippen LogP contribution in [0.15, 0.2) is 24.3 Å². The van der Waals surface area contributed by atoms with Crippen molar-refractivity contribution in [2.24, 2.45) is 0 Å². The van der Waals surface area contributed by atoms with E-state index in [0.717, 1.165) is 0 Å². The molecule has 1 fully saturated rings. The zero-order valence-electron chi connectivity index (χ0n) is 8.96. The van der Waals surface area contributed by atoms with Gasteiger partial charge in [0.15, 0.2) is 0 Å². The highest BCUT2D eigenvalue weighted by Gasteiger charge is 2.45. The molecule has 0 bridgehead atoms. The summed E-state index contributed by atoms with van der Waals surface area (Å²) in [5.74, 6) is 0.125. The zero-order chi connectivity index (χ0) is 11.9. The predicted octanol–water partition coefficient (Wildman–Crippen LogP) is -0.348. The number of carbonyl (C=O) groups excluding carboxylic acids is 1. The number of fused-ring (bicyclic) bond motifs is 1. The van der Waals surface area contributed by atoms with E-state index < -0.39 is 13.0 Å². The molecular weight excluding hydrogens is 225 g/mol. The Bertz CT molecular complexity index is 468. The molecule has 2 N–H and O–H groups in total. The molecule has 1 saturated heterocycles. The molecule has 2 atom stereocenters. The molecule has 6 nitrogen and oxygen atoms in total. The Labute approximate surface area is 97.5 Å². The third-order valence-corrected chi connectivity index (χ3v) is 2.80. The van der Waals surface area contributed by atoms with Gasteiger partial charge < -0.3 is 24.3 Å². The van der Waals surface area contributed by atoms with Crippen molar-refractivity contribution in [2.45, 2.75) is 6.10 Å². The molecule has 1 aromatic carbocycles. The molecule has 2 aliphatic rings. The molecule has 3 rings (SSSR count). The third-order valence-electron chi connectivity index (χ3n) is 2.80. The highest BCUT2D eigenvalue weighted by atomic mass is 16.8. The first-order valence-corrected chi connectivity index (χ1v) is 5.39. The van der Waals surface area contributed by atoms with Gasteiger partial charge in [-0.15, -0.1) is 0 Å². The van der Waals surface area contributed by atoms with E-state index >= 15 is 0 Å². The average molecular weight is 236 g/mol. The van der Waals surface area contributed by atoms with E-state index in [-0.39, 0.29) is 19.1 Å². The van der Waals surface area contributed by atoms with Crippen LogP contribution in [0.25, 0.3) is 0 Å². The number of nitrogens with one attached hydrogen (secondary N) is 1. The summed E-state index contributed by atoms with van der Waals surface area (Å²) in [7, 11) is 0. The number of hydrogen-bond donors (Lipinski definition) is 2. The second kappa shape index (κ2) is 3.73. The summed E-state index contributed by atoms with van der Waals surface area (Å²) in [5.41, 5.74) is 0.444. The van der Waals surface area contributed by atoms with Crippen molar-refractivity contribution < 1.29 is 23.9 Å². The van der Waals surface area contributed by atoms with Crippen molar-refractivity contribution in [3.05, 3.63) is 29.8 Å². The van der Waals surface area contributed by atoms with Crippen LogP contribution in [0.4, 0.5) is 0 Å². The van der Waals surface area contributed by atoms with E-state index in [1.54, 1.807) is 24.3 Å². The largest absolute Gasteiger partial charge is 0.651 e. The second-order valence-corrected chi connectivity index (χ2v) is 4.00. The van der Waals surface area contributed by atoms with E-state index in [4.69, 9.17) is 19.1 Å². The zero-order valence-corrected chi connectivity index (χ0v) is 8.96. The maximum atomic E-state index is 11.8. The number of benzene rings is 1. The highest BCUT2D eigenvalue weighted by Crippen LogP contribution is 2.29. The van der Waals surface area contributed by atoms with E-state index in [1.807, 2.05) is 0 Å². The molecule has 7 heteroatoms. The lowest BCUT2D eigenvalue weighted by molar-refractivity contribution is 0.0863. The number of amides is 1. The summed E-state index contributed by atoms with van der Waals surface area (Å²) in [6.07, 6.45) is -0.472. The lowest BCUT2D eigenvalue weighted by Crippen LogP contribution is -2.63. The Morgan fingerprint density at radius 2 is 2.29 bits per heavy atom. The second-order valence-electron chi connectivity index (χ2n) is 4.00. The molecule has 0 radical (unpaired) electrons. The quantitative estimate of drug-likeness (QED) is 0.652. The van der Waals surface area contributed by atoms with Gasteiger partial charge in [-0.05, 0) is 12.1 Å². The van der Waals surface area contributed by atoms with Crippen molar-refractivity contribution >= 4 is 12.8 Å². The SMILES string of the molecule is O=C1N[B-]2(OCC(CO)O2)Oc2ccccc21. The fourth-order valence-corrected chi connectivity index (χ4v) is 1.99. The molecule has 90 valence electrons. The molecule has 17 heavy (non-hydrogen) atoms. The number of aliphatic hydroxyl groups excluding tert-OH is 1. The van der Waals surface area contributed by atoms with Crippen LogP contribution in [-0.4, -0.2) is 37.2 Å². The minimum Gasteiger partial charge on any atom is -0.651 e. The maximum Gasteiger partial charge on any atom is 0.552 e. The van der Waals surface area contributed by atoms with E-state index in [2.05, 4.69) is 5.23 Å². The summed E-state index contributed by atoms with van der Waals surface area (Å²) in [4.78, 5) is 11.8. The first-order chi connectivity index (χ1) is 8.22. The van der Waals surface area contributed by atoms with Crippen LogP contribution < -0.4 is 9.88 Å². The smallest absolute Gasteiger partial charge is 0.552 e. The molecule has 0 saturated carbocycles. The van der Waals surface area contributed by atoms with Gasteiger partial charge in [0.05, 0.1) is 24.0 Å². The van der Waals surface area contributed by atoms with Gasteiger partial charge in [0, 0.05) is 6.61 Å². The summed E-state index contributed by atoms with van der Waals surface area (Å²) in [5, 5.41) is 11.5. The third kappa shape index (κ3) is 1.68. The van der Waals surface area contributed by atoms with Crippen LogP contribution in [-0.2, 0) is 9.31 Å². The van der Waals surface area contributed by atoms with Crippen LogP contribution in [0.5, 0.6) is 5.75 Å². The Balaban J connectivity index is 1.91. The van der Waals surface area contributed by atoms with Gasteiger partial charge in [-0.1, -0.05) is 12.1 Å². The number of hydrogen-bond acceptors (Lipinski definition) is 5. The van der Waals surface area contributed by atoms with Gasteiger partial charge in [0.25, 0.3) is 0 Å². The topological polar surface area (TPSA) is 77.0 Å². The molecule has 2 aliphatic heterocycles. The van der Waals surface area contributed by atoms with Crippen molar-refractivity contribution in [2.75, 3.05) is 13.2 Å². The predicted molar refractivity (Wildman–Crippen MR) is 58.2 cm³/mol. The van der Waals surface area contributed by atoms with E-state index in [0.29, 0.717) is 11.3 Å². The van der Waals surface area contributed by atoms with E-state index in [9.17, 15) is 4.79 Å². The van der Waals surface area contributed by atoms with Crippen LogP contribution in [0.1, 0.15) is 10.4 Å². The molecule has 1 aromatic rings. The van der Waals surface area contributed by atoms with Crippen LogP contribution in [0.2, 0.25) is 0 Å². The summed E-state index contributed by atoms with van der Waals surface area (Å²) < 4.78 is 16.3. The Hall–Kier alpha value is -1.57. The Morgan fingerprint density at radius 1 is 1.47 bits per heavy atom. The van der Waals surface area contributed by atoms with Gasteiger partial charge in [0.2, 0.25) is 5.91 Å². The minimum atomic E-state index is -2.31. The molecule has 1 amide bonds. The Kier molecular flexibility index (Phi) is 2.32. The van der Waals surface area contributed by atoms with Crippen molar-refractivity contribution in [1.82, 2.24) is 5.23 Å². The monoisotopic (exact) mass is 236 g/mol. The van der Waals surface area contributed by atoms with Gasteiger partial charge >= 0.3 is 6.89 Å². The highest BCUT2D eigenvalue weighted by molar-refractivity contribution is 6.63. The number of aliphatic hydroxyl groups is 1. The molecule has 2 unspecified atom stereocenters. The van der Waals surface area contributed by atoms with Gasteiger partial charge in [0.1, 0.15) is 0 Å². The van der Waals surface area contributed by atoms with Crippen molar-refractivity contribution in [1.29, 1.82) is 0 Å². The average Bonchev–Trinajstić information content (AvgIpc) is 2.72. The fourth-order valence-electron chi connectivity index (χ4n) is 1.99. The molecule has 2 heterocycles. The normalized spacial score (nSPS) is 30.9. The van der Waals surface area contributed by atoms with Gasteiger partial charge in [-0.3, -0.25) is 4.79 Å². The lowest BCUT2D eigenvalue weighted by Gasteiger charge is -2.40. The van der Waals surface area contributed by atoms with E-state index in [1.165, 1.54) is 0 Å².